The highest BCUT2D eigenvalue weighted by atomic mass is 16.5. The monoisotopic (exact) mass is 233 g/mol. The van der Waals surface area contributed by atoms with Gasteiger partial charge in [0.05, 0.1) is 12.1 Å². The third-order valence-corrected chi connectivity index (χ3v) is 3.23. The van der Waals surface area contributed by atoms with Gasteiger partial charge in [0.1, 0.15) is 5.75 Å². The molecule has 1 aromatic carbocycles. The number of nitrogens with two attached hydrogens (primary N) is 1. The van der Waals surface area contributed by atoms with Crippen molar-refractivity contribution in [1.29, 1.82) is 0 Å². The number of hydrogen-bond donors (Lipinski definition) is 1. The van der Waals surface area contributed by atoms with Gasteiger partial charge in [-0.1, -0.05) is 18.2 Å². The van der Waals surface area contributed by atoms with Crippen molar-refractivity contribution in [3.8, 4) is 5.75 Å². The molecule has 0 fully saturated rings. The highest BCUT2D eigenvalue weighted by molar-refractivity contribution is 5.88. The van der Waals surface area contributed by atoms with E-state index in [0.29, 0.717) is 13.0 Å². The molecule has 1 aromatic rings. The summed E-state index contributed by atoms with van der Waals surface area (Å²) in [6.45, 7) is 4.21. The molecule has 1 aliphatic heterocycles. The average molecular weight is 233 g/mol. The van der Waals surface area contributed by atoms with Gasteiger partial charge in [-0.05, 0) is 37.8 Å². The quantitative estimate of drug-likeness (QED) is 0.871. The van der Waals surface area contributed by atoms with Crippen LogP contribution in [0, 0.1) is 0 Å². The Bertz CT molecular complexity index is 420. The number of Topliss-reactive ketones (excluding diaryl/α,β-unsaturated/α-hetero) is 1. The molecule has 2 rings (SSSR count). The van der Waals surface area contributed by atoms with E-state index >= 15 is 0 Å². The summed E-state index contributed by atoms with van der Waals surface area (Å²) < 4.78 is 5.58. The molecule has 1 aliphatic rings. The molecule has 0 aliphatic carbocycles. The van der Waals surface area contributed by atoms with E-state index in [1.165, 1.54) is 0 Å². The Kier molecular flexibility index (Phi) is 3.20. The van der Waals surface area contributed by atoms with Crippen LogP contribution in [0.1, 0.15) is 38.2 Å². The molecule has 0 saturated carbocycles. The molecule has 1 atom stereocenters. The fraction of sp³-hybridized carbons (Fsp3) is 0.500. The van der Waals surface area contributed by atoms with E-state index in [9.17, 15) is 4.79 Å². The third kappa shape index (κ3) is 2.67. The molecule has 0 bridgehead atoms. The van der Waals surface area contributed by atoms with Gasteiger partial charge in [-0.2, -0.15) is 0 Å². The van der Waals surface area contributed by atoms with E-state index in [1.54, 1.807) is 13.8 Å². The maximum Gasteiger partial charge on any atom is 0.152 e. The minimum absolute atomic E-state index is 0.110. The molecule has 17 heavy (non-hydrogen) atoms. The number of ether oxygens (including phenoxy) is 1. The molecule has 0 spiro atoms. The first-order chi connectivity index (χ1) is 7.98. The number of benzene rings is 1. The number of ketones is 1. The first-order valence-electron chi connectivity index (χ1n) is 6.02. The molecule has 3 nitrogen and oxygen atoms in total. The van der Waals surface area contributed by atoms with Crippen LogP contribution in [0.5, 0.6) is 5.75 Å². The second kappa shape index (κ2) is 4.49. The maximum absolute atomic E-state index is 12.0. The minimum atomic E-state index is -0.743. The second-order valence-corrected chi connectivity index (χ2v) is 5.22. The second-order valence-electron chi connectivity index (χ2n) is 5.22. The maximum atomic E-state index is 12.0. The smallest absolute Gasteiger partial charge is 0.152 e. The van der Waals surface area contributed by atoms with E-state index in [2.05, 4.69) is 0 Å². The lowest BCUT2D eigenvalue weighted by Crippen LogP contribution is -2.42. The van der Waals surface area contributed by atoms with E-state index < -0.39 is 5.54 Å². The number of hydrogen-bond acceptors (Lipinski definition) is 3. The number of para-hydroxylation sites is 1. The molecule has 3 heteroatoms. The fourth-order valence-electron chi connectivity index (χ4n) is 2.11. The van der Waals surface area contributed by atoms with Crippen LogP contribution in [-0.2, 0) is 4.79 Å². The molecular formula is C14H19NO2. The Morgan fingerprint density at radius 1 is 1.47 bits per heavy atom. The molecule has 0 saturated heterocycles. The van der Waals surface area contributed by atoms with Gasteiger partial charge in [0.2, 0.25) is 0 Å². The lowest BCUT2D eigenvalue weighted by molar-refractivity contribution is -0.123. The van der Waals surface area contributed by atoms with Gasteiger partial charge >= 0.3 is 0 Å². The van der Waals surface area contributed by atoms with Gasteiger partial charge in [0, 0.05) is 6.42 Å². The Hall–Kier alpha value is -1.35. The number of fused-ring (bicyclic) bond motifs is 1. The highest BCUT2D eigenvalue weighted by Crippen LogP contribution is 2.36. The zero-order valence-electron chi connectivity index (χ0n) is 10.4. The SMILES string of the molecule is CC(C)(N)C(=O)CC1CCOc2ccccc21. The zero-order chi connectivity index (χ0) is 12.5. The Morgan fingerprint density at radius 3 is 2.88 bits per heavy atom. The highest BCUT2D eigenvalue weighted by Gasteiger charge is 2.28. The van der Waals surface area contributed by atoms with Crippen molar-refractivity contribution in [2.75, 3.05) is 6.61 Å². The van der Waals surface area contributed by atoms with Crippen molar-refractivity contribution in [1.82, 2.24) is 0 Å². The Morgan fingerprint density at radius 2 is 2.18 bits per heavy atom. The van der Waals surface area contributed by atoms with Crippen molar-refractivity contribution < 1.29 is 9.53 Å². The number of rotatable bonds is 3. The van der Waals surface area contributed by atoms with Gasteiger partial charge in [-0.25, -0.2) is 0 Å². The topological polar surface area (TPSA) is 52.3 Å². The Balaban J connectivity index is 2.17. The third-order valence-electron chi connectivity index (χ3n) is 3.23. The molecule has 2 N–H and O–H groups in total. The van der Waals surface area contributed by atoms with Crippen LogP contribution in [0.3, 0.4) is 0 Å². The van der Waals surface area contributed by atoms with E-state index in [1.807, 2.05) is 24.3 Å². The molecule has 0 amide bonds. The van der Waals surface area contributed by atoms with Crippen LogP contribution in [0.4, 0.5) is 0 Å². The predicted octanol–water partition coefficient (Wildman–Crippen LogP) is 2.25. The summed E-state index contributed by atoms with van der Waals surface area (Å²) in [4.78, 5) is 12.0. The van der Waals surface area contributed by atoms with Crippen LogP contribution in [0.25, 0.3) is 0 Å². The van der Waals surface area contributed by atoms with Crippen molar-refractivity contribution in [2.45, 2.75) is 38.1 Å². The first-order valence-corrected chi connectivity index (χ1v) is 6.02. The summed E-state index contributed by atoms with van der Waals surface area (Å²) in [7, 11) is 0. The zero-order valence-corrected chi connectivity index (χ0v) is 10.4. The largest absolute Gasteiger partial charge is 0.493 e. The van der Waals surface area contributed by atoms with Gasteiger partial charge in [-0.15, -0.1) is 0 Å². The average Bonchev–Trinajstić information content (AvgIpc) is 2.28. The fourth-order valence-corrected chi connectivity index (χ4v) is 2.11. The Labute approximate surface area is 102 Å². The molecule has 92 valence electrons. The number of carbonyl (C=O) groups is 1. The summed E-state index contributed by atoms with van der Waals surface area (Å²) >= 11 is 0. The molecule has 1 unspecified atom stereocenters. The molecule has 0 aromatic heterocycles. The van der Waals surface area contributed by atoms with E-state index in [4.69, 9.17) is 10.5 Å². The van der Waals surface area contributed by atoms with Crippen LogP contribution in [-0.4, -0.2) is 17.9 Å². The standard InChI is InChI=1S/C14H19NO2/c1-14(2,15)13(16)9-10-7-8-17-12-6-4-3-5-11(10)12/h3-6,10H,7-9,15H2,1-2H3. The van der Waals surface area contributed by atoms with Crippen LogP contribution in [0.15, 0.2) is 24.3 Å². The number of carbonyl (C=O) groups excluding carboxylic acids is 1. The van der Waals surface area contributed by atoms with Gasteiger partial charge in [0.25, 0.3) is 0 Å². The van der Waals surface area contributed by atoms with Crippen LogP contribution >= 0.6 is 0 Å². The van der Waals surface area contributed by atoms with Crippen LogP contribution in [0.2, 0.25) is 0 Å². The summed E-state index contributed by atoms with van der Waals surface area (Å²) in [6.07, 6.45) is 1.39. The van der Waals surface area contributed by atoms with Crippen LogP contribution < -0.4 is 10.5 Å². The molecule has 0 radical (unpaired) electrons. The summed E-state index contributed by atoms with van der Waals surface area (Å²) in [5.74, 6) is 1.26. The summed E-state index contributed by atoms with van der Waals surface area (Å²) in [5.41, 5.74) is 6.23. The van der Waals surface area contributed by atoms with Crippen molar-refractivity contribution in [2.24, 2.45) is 5.73 Å². The first kappa shape index (κ1) is 12.1. The molecular weight excluding hydrogens is 214 g/mol. The van der Waals surface area contributed by atoms with Crippen molar-refractivity contribution >= 4 is 5.78 Å². The van der Waals surface area contributed by atoms with E-state index in [0.717, 1.165) is 17.7 Å². The lowest BCUT2D eigenvalue weighted by atomic mass is 9.84. The van der Waals surface area contributed by atoms with E-state index in [-0.39, 0.29) is 11.7 Å². The van der Waals surface area contributed by atoms with Gasteiger partial charge < -0.3 is 10.5 Å². The van der Waals surface area contributed by atoms with Crippen molar-refractivity contribution in [3.63, 3.8) is 0 Å². The summed E-state index contributed by atoms with van der Waals surface area (Å²) in [6, 6.07) is 7.93. The molecule has 1 heterocycles. The predicted molar refractivity (Wildman–Crippen MR) is 67.2 cm³/mol. The minimum Gasteiger partial charge on any atom is -0.493 e. The van der Waals surface area contributed by atoms with Crippen molar-refractivity contribution in [3.05, 3.63) is 29.8 Å². The lowest BCUT2D eigenvalue weighted by Gasteiger charge is -2.27. The normalized spacial score (nSPS) is 19.4. The summed E-state index contributed by atoms with van der Waals surface area (Å²) in [5, 5.41) is 0. The van der Waals surface area contributed by atoms with Gasteiger partial charge in [-0.3, -0.25) is 4.79 Å². The van der Waals surface area contributed by atoms with Gasteiger partial charge in [0.15, 0.2) is 5.78 Å².